The van der Waals surface area contributed by atoms with Crippen LogP contribution in [0.2, 0.25) is 0 Å². The molecule has 0 fully saturated rings. The van der Waals surface area contributed by atoms with E-state index in [4.69, 9.17) is 10.2 Å². The summed E-state index contributed by atoms with van der Waals surface area (Å²) in [5.74, 6) is -1.71. The number of nitrogens with one attached hydrogen (secondary N) is 1. The van der Waals surface area contributed by atoms with Gasteiger partial charge in [0.2, 0.25) is 5.91 Å². The maximum absolute atomic E-state index is 10.7. The van der Waals surface area contributed by atoms with Gasteiger partial charge in [-0.3, -0.25) is 4.79 Å². The van der Waals surface area contributed by atoms with Crippen LogP contribution in [0.4, 0.5) is 0 Å². The molecule has 1 amide bonds. The molecule has 5 heteroatoms. The first kappa shape index (κ1) is 10.6. The molecule has 0 heterocycles. The van der Waals surface area contributed by atoms with Gasteiger partial charge in [0.1, 0.15) is 0 Å². The first-order chi connectivity index (χ1) is 5.56. The summed E-state index contributed by atoms with van der Waals surface area (Å²) in [7, 11) is 0. The summed E-state index contributed by atoms with van der Waals surface area (Å²) in [6.07, 6.45) is 1.63. The zero-order chi connectivity index (χ0) is 9.56. The fourth-order valence-electron chi connectivity index (χ4n) is 0.484. The van der Waals surface area contributed by atoms with E-state index in [9.17, 15) is 9.59 Å². The normalized spacial score (nSPS) is 12.8. The minimum absolute atomic E-state index is 0.174. The van der Waals surface area contributed by atoms with Crippen molar-refractivity contribution in [2.45, 2.75) is 13.0 Å². The van der Waals surface area contributed by atoms with E-state index in [0.29, 0.717) is 0 Å². The fourth-order valence-corrected chi connectivity index (χ4v) is 0.484. The second-order valence-electron chi connectivity index (χ2n) is 2.26. The number of hydrogen-bond donors (Lipinski definition) is 3. The van der Waals surface area contributed by atoms with Crippen molar-refractivity contribution < 1.29 is 19.8 Å². The van der Waals surface area contributed by atoms with Crippen molar-refractivity contribution in [3.63, 3.8) is 0 Å². The van der Waals surface area contributed by atoms with E-state index in [2.05, 4.69) is 5.32 Å². The zero-order valence-electron chi connectivity index (χ0n) is 6.65. The van der Waals surface area contributed by atoms with Crippen LogP contribution < -0.4 is 5.32 Å². The van der Waals surface area contributed by atoms with Crippen molar-refractivity contribution in [2.24, 2.45) is 0 Å². The van der Waals surface area contributed by atoms with E-state index in [-0.39, 0.29) is 12.6 Å². The van der Waals surface area contributed by atoms with E-state index < -0.39 is 11.9 Å². The van der Waals surface area contributed by atoms with Crippen molar-refractivity contribution in [2.75, 3.05) is 6.61 Å². The van der Waals surface area contributed by atoms with Crippen LogP contribution in [0.3, 0.4) is 0 Å². The molecule has 12 heavy (non-hydrogen) atoms. The number of aliphatic carboxylic acids is 1. The Kier molecular flexibility index (Phi) is 4.71. The van der Waals surface area contributed by atoms with Crippen molar-refractivity contribution in [3.8, 4) is 0 Å². The SMILES string of the molecule is C[C@H](CO)NC(=O)/C=C/C(=O)O. The lowest BCUT2D eigenvalue weighted by Crippen LogP contribution is -2.33. The highest BCUT2D eigenvalue weighted by atomic mass is 16.4. The van der Waals surface area contributed by atoms with Crippen LogP contribution in [0.25, 0.3) is 0 Å². The molecule has 0 aromatic carbocycles. The van der Waals surface area contributed by atoms with Crippen LogP contribution in [0, 0.1) is 0 Å². The van der Waals surface area contributed by atoms with Gasteiger partial charge in [0, 0.05) is 18.2 Å². The average molecular weight is 173 g/mol. The molecule has 3 N–H and O–H groups in total. The van der Waals surface area contributed by atoms with E-state index >= 15 is 0 Å². The van der Waals surface area contributed by atoms with E-state index in [1.165, 1.54) is 0 Å². The summed E-state index contributed by atoms with van der Waals surface area (Å²) in [6, 6.07) is -0.365. The Morgan fingerprint density at radius 3 is 2.50 bits per heavy atom. The summed E-state index contributed by atoms with van der Waals surface area (Å²) in [5.41, 5.74) is 0. The maximum Gasteiger partial charge on any atom is 0.328 e. The molecular weight excluding hydrogens is 162 g/mol. The van der Waals surface area contributed by atoms with Gasteiger partial charge in [-0.1, -0.05) is 0 Å². The van der Waals surface area contributed by atoms with Crippen LogP contribution in [0.1, 0.15) is 6.92 Å². The minimum Gasteiger partial charge on any atom is -0.478 e. The summed E-state index contributed by atoms with van der Waals surface area (Å²) >= 11 is 0. The van der Waals surface area contributed by atoms with Gasteiger partial charge in [0.05, 0.1) is 6.61 Å². The quantitative estimate of drug-likeness (QED) is 0.482. The number of carbonyl (C=O) groups excluding carboxylic acids is 1. The molecule has 0 unspecified atom stereocenters. The number of aliphatic hydroxyl groups is 1. The second kappa shape index (κ2) is 5.31. The number of carboxylic acids is 1. The number of hydrogen-bond acceptors (Lipinski definition) is 3. The molecule has 0 aromatic heterocycles. The van der Waals surface area contributed by atoms with Crippen molar-refractivity contribution in [3.05, 3.63) is 12.2 Å². The molecule has 0 rings (SSSR count). The lowest BCUT2D eigenvalue weighted by molar-refractivity contribution is -0.131. The Bertz CT molecular complexity index is 200. The number of aliphatic hydroxyl groups excluding tert-OH is 1. The highest BCUT2D eigenvalue weighted by molar-refractivity contribution is 5.93. The third-order valence-electron chi connectivity index (χ3n) is 1.04. The average Bonchev–Trinajstić information content (AvgIpc) is 2.00. The summed E-state index contributed by atoms with van der Waals surface area (Å²) < 4.78 is 0. The maximum atomic E-state index is 10.7. The Hall–Kier alpha value is -1.36. The lowest BCUT2D eigenvalue weighted by atomic mass is 10.3. The van der Waals surface area contributed by atoms with Crippen LogP contribution in [-0.4, -0.2) is 34.7 Å². The van der Waals surface area contributed by atoms with E-state index in [1.807, 2.05) is 0 Å². The standard InChI is InChI=1S/C7H11NO4/c1-5(4-9)8-6(10)2-3-7(11)12/h2-3,5,9H,4H2,1H3,(H,8,10)(H,11,12)/b3-2+/t5-/m1/s1. The van der Waals surface area contributed by atoms with Gasteiger partial charge in [-0.25, -0.2) is 4.79 Å². The van der Waals surface area contributed by atoms with Gasteiger partial charge in [-0.15, -0.1) is 0 Å². The Balaban J connectivity index is 3.81. The number of carbonyl (C=O) groups is 2. The highest BCUT2D eigenvalue weighted by Crippen LogP contribution is 1.80. The molecule has 68 valence electrons. The van der Waals surface area contributed by atoms with Gasteiger partial charge in [-0.05, 0) is 6.92 Å². The predicted molar refractivity (Wildman–Crippen MR) is 41.5 cm³/mol. The van der Waals surface area contributed by atoms with Crippen LogP contribution in [0.15, 0.2) is 12.2 Å². The largest absolute Gasteiger partial charge is 0.478 e. The number of amides is 1. The van der Waals surface area contributed by atoms with Gasteiger partial charge < -0.3 is 15.5 Å². The molecule has 0 spiro atoms. The Morgan fingerprint density at radius 1 is 1.50 bits per heavy atom. The molecular formula is C7H11NO4. The molecule has 5 nitrogen and oxygen atoms in total. The van der Waals surface area contributed by atoms with E-state index in [1.54, 1.807) is 6.92 Å². The Morgan fingerprint density at radius 2 is 2.08 bits per heavy atom. The summed E-state index contributed by atoms with van der Waals surface area (Å²) in [4.78, 5) is 20.7. The molecule has 0 aliphatic carbocycles. The fraction of sp³-hybridized carbons (Fsp3) is 0.429. The van der Waals surface area contributed by atoms with Gasteiger partial charge in [-0.2, -0.15) is 0 Å². The predicted octanol–water partition coefficient (Wildman–Crippen LogP) is -0.876. The molecule has 0 bridgehead atoms. The van der Waals surface area contributed by atoms with Crippen LogP contribution >= 0.6 is 0 Å². The monoisotopic (exact) mass is 173 g/mol. The molecule has 0 saturated carbocycles. The third kappa shape index (κ3) is 5.43. The second-order valence-corrected chi connectivity index (χ2v) is 2.26. The molecule has 1 atom stereocenters. The summed E-state index contributed by atoms with van der Waals surface area (Å²) in [6.45, 7) is 1.43. The molecule has 0 aliphatic heterocycles. The van der Waals surface area contributed by atoms with Crippen molar-refractivity contribution in [1.29, 1.82) is 0 Å². The van der Waals surface area contributed by atoms with Crippen LogP contribution in [0.5, 0.6) is 0 Å². The van der Waals surface area contributed by atoms with Crippen molar-refractivity contribution >= 4 is 11.9 Å². The number of carboxylic acid groups (broad SMARTS) is 1. The van der Waals surface area contributed by atoms with Crippen molar-refractivity contribution in [1.82, 2.24) is 5.32 Å². The van der Waals surface area contributed by atoms with Crippen LogP contribution in [-0.2, 0) is 9.59 Å². The number of rotatable bonds is 4. The molecule has 0 aliphatic rings. The van der Waals surface area contributed by atoms with Gasteiger partial charge in [0.15, 0.2) is 0 Å². The molecule has 0 saturated heterocycles. The van der Waals surface area contributed by atoms with E-state index in [0.717, 1.165) is 12.2 Å². The third-order valence-corrected chi connectivity index (χ3v) is 1.04. The lowest BCUT2D eigenvalue weighted by Gasteiger charge is -2.07. The zero-order valence-corrected chi connectivity index (χ0v) is 6.65. The topological polar surface area (TPSA) is 86.6 Å². The van der Waals surface area contributed by atoms with Gasteiger partial charge in [0.25, 0.3) is 0 Å². The molecule has 0 aromatic rings. The summed E-state index contributed by atoms with van der Waals surface area (Å²) in [5, 5.41) is 19.0. The first-order valence-corrected chi connectivity index (χ1v) is 3.38. The first-order valence-electron chi connectivity index (χ1n) is 3.38. The Labute approximate surface area is 69.7 Å². The van der Waals surface area contributed by atoms with Gasteiger partial charge >= 0.3 is 5.97 Å². The smallest absolute Gasteiger partial charge is 0.328 e. The molecule has 0 radical (unpaired) electrons. The minimum atomic E-state index is -1.18. The highest BCUT2D eigenvalue weighted by Gasteiger charge is 2.01.